The Morgan fingerprint density at radius 2 is 1.19 bits per heavy atom. The summed E-state index contributed by atoms with van der Waals surface area (Å²) in [6.07, 6.45) is 8.84. The van der Waals surface area contributed by atoms with Crippen molar-refractivity contribution >= 4 is 11.9 Å². The Morgan fingerprint density at radius 1 is 0.609 bits per heavy atom. The van der Waals surface area contributed by atoms with Crippen molar-refractivity contribution in [1.82, 2.24) is 0 Å². The number of fused-ring (bicyclic) bond motifs is 2. The average Bonchev–Trinajstić information content (AvgIpc) is 3.22. The van der Waals surface area contributed by atoms with Gasteiger partial charge in [-0.15, -0.1) is 0 Å². The molecule has 2 fully saturated rings. The number of carboxylic acid groups (broad SMARTS) is 1. The van der Waals surface area contributed by atoms with Crippen LogP contribution in [-0.4, -0.2) is 150 Å². The molecule has 5 unspecified atom stereocenters. The lowest BCUT2D eigenvalue weighted by Gasteiger charge is -2.43. The van der Waals surface area contributed by atoms with E-state index in [0.717, 1.165) is 0 Å². The Kier molecular flexibility index (Phi) is 24.0. The topological polar surface area (TPSA) is 279 Å². The Labute approximate surface area is 377 Å². The van der Waals surface area contributed by atoms with Crippen LogP contribution in [0.5, 0.6) is 0 Å². The number of rotatable bonds is 3. The number of carbonyl (C=O) groups excluding carboxylic acids is 1. The third kappa shape index (κ3) is 18.5. The summed E-state index contributed by atoms with van der Waals surface area (Å²) in [5.74, 6) is -4.23. The van der Waals surface area contributed by atoms with Crippen LogP contribution in [0.2, 0.25) is 0 Å². The molecule has 2 bridgehead atoms. The van der Waals surface area contributed by atoms with Crippen LogP contribution in [0.25, 0.3) is 0 Å². The maximum Gasteiger partial charge on any atom is 0.311 e. The highest BCUT2D eigenvalue weighted by Gasteiger charge is 2.45. The van der Waals surface area contributed by atoms with Crippen LogP contribution >= 0.6 is 0 Å². The summed E-state index contributed by atoms with van der Waals surface area (Å²) in [4.78, 5) is 25.1. The number of ether oxygens (including phenoxy) is 4. The first-order valence-corrected chi connectivity index (χ1v) is 22.6. The Morgan fingerprint density at radius 3 is 1.78 bits per heavy atom. The molecule has 0 amide bonds. The zero-order valence-electron chi connectivity index (χ0n) is 37.8. The van der Waals surface area contributed by atoms with Crippen molar-refractivity contribution in [2.45, 2.75) is 178 Å². The molecule has 0 aliphatic carbocycles. The van der Waals surface area contributed by atoms with Crippen LogP contribution in [-0.2, 0) is 28.5 Å². The second-order valence-corrected chi connectivity index (χ2v) is 17.7. The van der Waals surface area contributed by atoms with Gasteiger partial charge in [-0.25, -0.2) is 0 Å². The summed E-state index contributed by atoms with van der Waals surface area (Å²) in [5.41, 5.74) is 6.28. The second kappa shape index (κ2) is 28.0. The summed E-state index contributed by atoms with van der Waals surface area (Å²) in [5, 5.41) is 96.5. The first-order chi connectivity index (χ1) is 30.3. The number of nitrogens with two attached hydrogens (primary N) is 1. The van der Waals surface area contributed by atoms with E-state index in [0.29, 0.717) is 0 Å². The van der Waals surface area contributed by atoms with E-state index in [1.54, 1.807) is 44.2 Å². The van der Waals surface area contributed by atoms with Crippen LogP contribution < -0.4 is 5.73 Å². The van der Waals surface area contributed by atoms with E-state index in [2.05, 4.69) is 0 Å². The minimum Gasteiger partial charge on any atom is -0.481 e. The first-order valence-electron chi connectivity index (χ1n) is 22.6. The van der Waals surface area contributed by atoms with Crippen molar-refractivity contribution in [3.05, 3.63) is 85.1 Å². The van der Waals surface area contributed by atoms with Gasteiger partial charge in [0.1, 0.15) is 18.1 Å². The van der Waals surface area contributed by atoms with Gasteiger partial charge in [0.15, 0.2) is 6.29 Å². The molecule has 16 nitrogen and oxygen atoms in total. The van der Waals surface area contributed by atoms with Crippen LogP contribution in [0.4, 0.5) is 0 Å². The first kappa shape index (κ1) is 55.0. The van der Waals surface area contributed by atoms with E-state index in [1.807, 2.05) is 75.5 Å². The monoisotopic (exact) mass is 906 g/mol. The van der Waals surface area contributed by atoms with Crippen molar-refractivity contribution < 1.29 is 74.5 Å². The van der Waals surface area contributed by atoms with Gasteiger partial charge < -0.3 is 70.6 Å². The van der Waals surface area contributed by atoms with Gasteiger partial charge in [0, 0.05) is 37.1 Å². The molecule has 16 heteroatoms. The molecule has 0 aromatic rings. The van der Waals surface area contributed by atoms with E-state index in [-0.39, 0.29) is 62.9 Å². The third-order valence-electron chi connectivity index (χ3n) is 12.4. The van der Waals surface area contributed by atoms with Gasteiger partial charge in [-0.3, -0.25) is 9.59 Å². The highest BCUT2D eigenvalue weighted by molar-refractivity contribution is 5.71. The lowest BCUT2D eigenvalue weighted by molar-refractivity contribution is -0.269. The number of hydrogen-bond acceptors (Lipinski definition) is 15. The van der Waals surface area contributed by atoms with E-state index in [4.69, 9.17) is 24.7 Å². The van der Waals surface area contributed by atoms with Gasteiger partial charge in [-0.05, 0) is 45.4 Å². The molecule has 3 rings (SSSR count). The number of aliphatic carboxylic acids is 1. The van der Waals surface area contributed by atoms with Crippen molar-refractivity contribution in [1.29, 1.82) is 0 Å². The number of cyclic esters (lactones) is 1. The van der Waals surface area contributed by atoms with E-state index in [9.17, 15) is 55.5 Å². The largest absolute Gasteiger partial charge is 0.481 e. The Bertz CT molecular complexity index is 1610. The molecular formula is C48H75NO15. The minimum absolute atomic E-state index is 0.0405. The Balaban J connectivity index is 1.83. The maximum absolute atomic E-state index is 12.6. The molecule has 3 heterocycles. The quantitative estimate of drug-likeness (QED) is 0.182. The molecule has 0 spiro atoms. The van der Waals surface area contributed by atoms with Crippen molar-refractivity contribution in [3.63, 3.8) is 0 Å². The predicted molar refractivity (Wildman–Crippen MR) is 239 cm³/mol. The standard InChI is InChI=1S/C48H75NO15/c1-28-18-16-14-12-10-8-6-7-9-11-13-15-17-19-36(64-48-46(58)44(49)29(2)31(4)62-48)27-41-43(47(59)60)40(55)26-37(63-41)23-35(52)24-39(54)38(53)21-20-33(50)22-34(51)25-42(56)61-32(5)30(3)45(28)57/h6-19,28-41,43-46,48,50-55,57-58H,20-27,49H2,1-5H3,(H,59,60)/b7-6+,10-8+,11-9+,14-12+,15-13+,18-16+,19-17+/t28-,29?,30-,31?,32-,33+,34+,35+,36-,37+,38+,39+,40-,41-,43+,44?,45+,46?,48?/m0/s1. The normalized spacial score (nSPS) is 44.8. The molecule has 0 saturated carbocycles. The van der Waals surface area contributed by atoms with E-state index >= 15 is 0 Å². The lowest BCUT2D eigenvalue weighted by Crippen LogP contribution is -2.58. The molecule has 0 aromatic heterocycles. The second-order valence-electron chi connectivity index (χ2n) is 17.7. The van der Waals surface area contributed by atoms with Crippen LogP contribution in [0, 0.1) is 23.7 Å². The van der Waals surface area contributed by atoms with Crippen molar-refractivity contribution in [2.75, 3.05) is 0 Å². The summed E-state index contributed by atoms with van der Waals surface area (Å²) in [6, 6.07) is -0.658. The smallest absolute Gasteiger partial charge is 0.311 e. The van der Waals surface area contributed by atoms with Gasteiger partial charge in [0.2, 0.25) is 0 Å². The zero-order chi connectivity index (χ0) is 47.5. The summed E-state index contributed by atoms with van der Waals surface area (Å²) >= 11 is 0. The van der Waals surface area contributed by atoms with Crippen molar-refractivity contribution in [3.8, 4) is 0 Å². The van der Waals surface area contributed by atoms with Crippen LogP contribution in [0.15, 0.2) is 85.1 Å². The van der Waals surface area contributed by atoms with Gasteiger partial charge in [0.25, 0.3) is 0 Å². The highest BCUT2D eigenvalue weighted by Crippen LogP contribution is 2.34. The van der Waals surface area contributed by atoms with Gasteiger partial charge in [0.05, 0.1) is 73.6 Å². The third-order valence-corrected chi connectivity index (χ3v) is 12.4. The highest BCUT2D eigenvalue weighted by atomic mass is 16.7. The molecule has 0 radical (unpaired) electrons. The number of hydrogen-bond donors (Lipinski definition) is 10. The van der Waals surface area contributed by atoms with Gasteiger partial charge in [-0.1, -0.05) is 106 Å². The number of allylic oxidation sites excluding steroid dienone is 12. The zero-order valence-corrected chi connectivity index (χ0v) is 37.8. The fraction of sp³-hybridized carbons (Fsp3) is 0.667. The van der Waals surface area contributed by atoms with Gasteiger partial charge in [-0.2, -0.15) is 0 Å². The number of aliphatic hydroxyl groups excluding tert-OH is 8. The summed E-state index contributed by atoms with van der Waals surface area (Å²) < 4.78 is 23.9. The number of carbonyl (C=O) groups is 2. The number of carboxylic acids is 1. The Hall–Kier alpha value is -3.36. The van der Waals surface area contributed by atoms with Gasteiger partial charge >= 0.3 is 11.9 Å². The lowest BCUT2D eigenvalue weighted by atomic mass is 9.84. The maximum atomic E-state index is 12.6. The molecular weight excluding hydrogens is 831 g/mol. The fourth-order valence-corrected chi connectivity index (χ4v) is 8.04. The molecule has 362 valence electrons. The molecule has 3 aliphatic rings. The minimum atomic E-state index is -1.43. The molecule has 0 aromatic carbocycles. The SMILES string of the molecule is CC1OC(O[C@H]2/C=C/C=C/C=C/C=C/C=C/C=C/C=C/[C@H](C)[C@@H](O)[C@@H](C)[C@H](C)OC(=O)C[C@H](O)C[C@H](O)CC[C@@H](O)[C@H](O)C[C@H](O)C[C@@H]3C[C@H](O)[C@@H](C(=O)O)[C@H](C2)O3)C(O)C(N)C1C. The number of esters is 1. The van der Waals surface area contributed by atoms with Crippen LogP contribution in [0.3, 0.4) is 0 Å². The van der Waals surface area contributed by atoms with Crippen molar-refractivity contribution in [2.24, 2.45) is 29.4 Å². The molecule has 19 atom stereocenters. The summed E-state index contributed by atoms with van der Waals surface area (Å²) in [6.45, 7) is 8.93. The molecule has 2 saturated heterocycles. The molecule has 11 N–H and O–H groups in total. The summed E-state index contributed by atoms with van der Waals surface area (Å²) in [7, 11) is 0. The predicted octanol–water partition coefficient (Wildman–Crippen LogP) is 2.67. The van der Waals surface area contributed by atoms with E-state index < -0.39 is 116 Å². The van der Waals surface area contributed by atoms with Crippen LogP contribution in [0.1, 0.15) is 86.0 Å². The molecule has 3 aliphatic heterocycles. The molecule has 64 heavy (non-hydrogen) atoms. The van der Waals surface area contributed by atoms with E-state index in [1.165, 1.54) is 0 Å². The number of aliphatic hydroxyl groups is 8. The average molecular weight is 906 g/mol. The fourth-order valence-electron chi connectivity index (χ4n) is 8.04.